The number of halogens is 3. The predicted molar refractivity (Wildman–Crippen MR) is 93.8 cm³/mol. The molecule has 1 fully saturated rings. The summed E-state index contributed by atoms with van der Waals surface area (Å²) in [6.45, 7) is -0.628. The Labute approximate surface area is 160 Å². The molecule has 0 radical (unpaired) electrons. The number of nitrogens with zero attached hydrogens (tertiary/aromatic N) is 2. The summed E-state index contributed by atoms with van der Waals surface area (Å²) in [6.07, 6.45) is -6.53. The van der Waals surface area contributed by atoms with Crippen LogP contribution in [-0.4, -0.2) is 49.9 Å². The molecule has 1 amide bonds. The van der Waals surface area contributed by atoms with Gasteiger partial charge in [0.2, 0.25) is 10.0 Å². The molecule has 1 saturated heterocycles. The Balaban J connectivity index is 2.07. The van der Waals surface area contributed by atoms with Crippen molar-refractivity contribution in [3.63, 3.8) is 0 Å². The first-order chi connectivity index (χ1) is 13.2. The van der Waals surface area contributed by atoms with Crippen molar-refractivity contribution in [2.24, 2.45) is 0 Å². The van der Waals surface area contributed by atoms with E-state index in [0.29, 0.717) is 10.6 Å². The molecule has 0 bridgehead atoms. The molecule has 28 heavy (non-hydrogen) atoms. The Morgan fingerprint density at radius 2 is 1.64 bits per heavy atom. The highest BCUT2D eigenvalue weighted by atomic mass is 32.2. The maximum Gasteiger partial charge on any atom is 0.471 e. The minimum absolute atomic E-state index is 0.0604. The Hall–Kier alpha value is -2.59. The van der Waals surface area contributed by atoms with Gasteiger partial charge in [-0.15, -0.1) is 0 Å². The average Bonchev–Trinajstić information content (AvgIpc) is 3.13. The summed E-state index contributed by atoms with van der Waals surface area (Å²) in [5.41, 5.74) is 0.232. The zero-order valence-corrected chi connectivity index (χ0v) is 15.6. The highest BCUT2D eigenvalue weighted by molar-refractivity contribution is 7.89. The molecule has 0 unspecified atom stereocenters. The fourth-order valence-corrected chi connectivity index (χ4v) is 4.68. The van der Waals surface area contributed by atoms with Crippen molar-refractivity contribution in [2.45, 2.75) is 17.2 Å². The van der Waals surface area contributed by atoms with Crippen LogP contribution in [0.4, 0.5) is 13.2 Å². The zero-order chi connectivity index (χ0) is 20.5. The molecular weight excluding hydrogens is 397 g/mol. The van der Waals surface area contributed by atoms with Crippen LogP contribution in [0.5, 0.6) is 5.75 Å². The molecular formula is C18H17F3N2O4S. The van der Waals surface area contributed by atoms with Crippen molar-refractivity contribution >= 4 is 15.9 Å². The van der Waals surface area contributed by atoms with Gasteiger partial charge in [0.25, 0.3) is 0 Å². The van der Waals surface area contributed by atoms with Gasteiger partial charge in [-0.2, -0.15) is 17.5 Å². The number of ether oxygens (including phenoxy) is 1. The Bertz CT molecular complexity index is 947. The van der Waals surface area contributed by atoms with E-state index >= 15 is 0 Å². The van der Waals surface area contributed by atoms with E-state index in [4.69, 9.17) is 4.74 Å². The van der Waals surface area contributed by atoms with Crippen molar-refractivity contribution in [3.8, 4) is 5.75 Å². The van der Waals surface area contributed by atoms with Crippen LogP contribution in [0, 0.1) is 0 Å². The number of hydrogen-bond acceptors (Lipinski definition) is 4. The Morgan fingerprint density at radius 1 is 1.04 bits per heavy atom. The van der Waals surface area contributed by atoms with Crippen molar-refractivity contribution in [1.82, 2.24) is 9.21 Å². The minimum Gasteiger partial charge on any atom is -0.497 e. The maximum absolute atomic E-state index is 13.1. The van der Waals surface area contributed by atoms with Gasteiger partial charge < -0.3 is 9.64 Å². The molecule has 0 N–H and O–H groups in total. The standard InChI is InChI=1S/C18H17F3N2O4S/c1-27-14-9-7-13(8-10-14)16-22(17(24)18(19,20)21)11-12-23(16)28(25,26)15-5-3-2-4-6-15/h2-10,16H,11-12H2,1H3/t16-/m0/s1. The van der Waals surface area contributed by atoms with Crippen molar-refractivity contribution in [3.05, 3.63) is 60.2 Å². The van der Waals surface area contributed by atoms with Crippen LogP contribution in [0.15, 0.2) is 59.5 Å². The van der Waals surface area contributed by atoms with E-state index < -0.39 is 28.3 Å². The normalized spacial score (nSPS) is 18.3. The third-order valence-electron chi connectivity index (χ3n) is 4.40. The van der Waals surface area contributed by atoms with Gasteiger partial charge in [0.15, 0.2) is 0 Å². The van der Waals surface area contributed by atoms with Crippen molar-refractivity contribution in [2.75, 3.05) is 20.2 Å². The molecule has 2 aromatic carbocycles. The van der Waals surface area contributed by atoms with E-state index in [2.05, 4.69) is 0 Å². The number of amides is 1. The topological polar surface area (TPSA) is 66.9 Å². The molecule has 6 nitrogen and oxygen atoms in total. The summed E-state index contributed by atoms with van der Waals surface area (Å²) < 4.78 is 71.3. The first kappa shape index (κ1) is 20.2. The number of carbonyl (C=O) groups is 1. The molecule has 1 aliphatic heterocycles. The molecule has 1 aliphatic rings. The molecule has 1 atom stereocenters. The van der Waals surface area contributed by atoms with Gasteiger partial charge in [-0.05, 0) is 29.8 Å². The number of alkyl halides is 3. The van der Waals surface area contributed by atoms with Crippen LogP contribution >= 0.6 is 0 Å². The van der Waals surface area contributed by atoms with E-state index in [1.54, 1.807) is 6.07 Å². The van der Waals surface area contributed by atoms with Crippen LogP contribution in [0.3, 0.4) is 0 Å². The summed E-state index contributed by atoms with van der Waals surface area (Å²) >= 11 is 0. The van der Waals surface area contributed by atoms with E-state index in [0.717, 1.165) is 4.31 Å². The Morgan fingerprint density at radius 3 is 2.18 bits per heavy atom. The van der Waals surface area contributed by atoms with Gasteiger partial charge in [-0.3, -0.25) is 4.79 Å². The molecule has 10 heteroatoms. The second-order valence-electron chi connectivity index (χ2n) is 6.07. The summed E-state index contributed by atoms with van der Waals surface area (Å²) in [4.78, 5) is 12.4. The summed E-state index contributed by atoms with van der Waals surface area (Å²) in [7, 11) is -2.70. The lowest BCUT2D eigenvalue weighted by molar-refractivity contribution is -0.187. The predicted octanol–water partition coefficient (Wildman–Crippen LogP) is 2.79. The van der Waals surface area contributed by atoms with Gasteiger partial charge >= 0.3 is 12.1 Å². The molecule has 3 rings (SSSR count). The van der Waals surface area contributed by atoms with Gasteiger partial charge in [0, 0.05) is 13.1 Å². The second-order valence-corrected chi connectivity index (χ2v) is 7.96. The van der Waals surface area contributed by atoms with E-state index in [1.807, 2.05) is 0 Å². The molecule has 0 aromatic heterocycles. The largest absolute Gasteiger partial charge is 0.497 e. The summed E-state index contributed by atoms with van der Waals surface area (Å²) in [5, 5.41) is 0. The van der Waals surface area contributed by atoms with E-state index in [-0.39, 0.29) is 23.5 Å². The van der Waals surface area contributed by atoms with E-state index in [9.17, 15) is 26.4 Å². The SMILES string of the molecule is COc1ccc([C@H]2N(C(=O)C(F)(F)F)CCN2S(=O)(=O)c2ccccc2)cc1. The van der Waals surface area contributed by atoms with E-state index in [1.165, 1.54) is 55.6 Å². The molecule has 0 spiro atoms. The number of hydrogen-bond donors (Lipinski definition) is 0. The summed E-state index contributed by atoms with van der Waals surface area (Å²) in [6, 6.07) is 13.3. The van der Waals surface area contributed by atoms with Gasteiger partial charge in [0.1, 0.15) is 11.9 Å². The monoisotopic (exact) mass is 414 g/mol. The zero-order valence-electron chi connectivity index (χ0n) is 14.8. The first-order valence-corrected chi connectivity index (χ1v) is 9.69. The second kappa shape index (κ2) is 7.44. The first-order valence-electron chi connectivity index (χ1n) is 8.25. The van der Waals surface area contributed by atoms with Crippen LogP contribution in [0.25, 0.3) is 0 Å². The van der Waals surface area contributed by atoms with Gasteiger partial charge in [-0.25, -0.2) is 8.42 Å². The third-order valence-corrected chi connectivity index (χ3v) is 6.26. The lowest BCUT2D eigenvalue weighted by Gasteiger charge is -2.30. The maximum atomic E-state index is 13.1. The molecule has 0 aliphatic carbocycles. The average molecular weight is 414 g/mol. The highest BCUT2D eigenvalue weighted by Gasteiger charge is 2.51. The Kier molecular flexibility index (Phi) is 5.35. The molecule has 0 saturated carbocycles. The number of carbonyl (C=O) groups excluding carboxylic acids is 1. The lowest BCUT2D eigenvalue weighted by Crippen LogP contribution is -2.43. The fraction of sp³-hybridized carbons (Fsp3) is 0.278. The van der Waals surface area contributed by atoms with Gasteiger partial charge in [0.05, 0.1) is 12.0 Å². The highest BCUT2D eigenvalue weighted by Crippen LogP contribution is 2.37. The fourth-order valence-electron chi connectivity index (χ4n) is 3.08. The molecule has 2 aromatic rings. The number of benzene rings is 2. The van der Waals surface area contributed by atoms with Gasteiger partial charge in [-0.1, -0.05) is 30.3 Å². The minimum atomic E-state index is -5.11. The quantitative estimate of drug-likeness (QED) is 0.772. The number of methoxy groups -OCH3 is 1. The van der Waals surface area contributed by atoms with Crippen molar-refractivity contribution < 1.29 is 31.1 Å². The lowest BCUT2D eigenvalue weighted by atomic mass is 10.1. The van der Waals surface area contributed by atoms with Crippen LogP contribution < -0.4 is 4.74 Å². The van der Waals surface area contributed by atoms with Crippen LogP contribution in [0.1, 0.15) is 11.7 Å². The number of sulfonamides is 1. The smallest absolute Gasteiger partial charge is 0.471 e. The van der Waals surface area contributed by atoms with Crippen LogP contribution in [0.2, 0.25) is 0 Å². The van der Waals surface area contributed by atoms with Crippen molar-refractivity contribution in [1.29, 1.82) is 0 Å². The molecule has 1 heterocycles. The number of rotatable bonds is 4. The third kappa shape index (κ3) is 3.69. The molecule has 150 valence electrons. The summed E-state index contributed by atoms with van der Waals surface area (Å²) in [5.74, 6) is -1.63. The van der Waals surface area contributed by atoms with Crippen LogP contribution in [-0.2, 0) is 14.8 Å².